The van der Waals surface area contributed by atoms with E-state index in [4.69, 9.17) is 9.47 Å². The van der Waals surface area contributed by atoms with E-state index in [1.807, 2.05) is 11.8 Å². The fourth-order valence-corrected chi connectivity index (χ4v) is 3.93. The van der Waals surface area contributed by atoms with Crippen molar-refractivity contribution in [2.24, 2.45) is 17.8 Å². The van der Waals surface area contributed by atoms with Crippen LogP contribution in [0.2, 0.25) is 0 Å². The number of fused-ring (bicyclic) bond motifs is 1. The van der Waals surface area contributed by atoms with E-state index in [2.05, 4.69) is 24.4 Å². The number of carbonyl (C=O) groups excluding carboxylic acids is 1. The van der Waals surface area contributed by atoms with E-state index in [1.165, 1.54) is 0 Å². The second kappa shape index (κ2) is 6.59. The lowest BCUT2D eigenvalue weighted by Crippen LogP contribution is -2.41. The summed E-state index contributed by atoms with van der Waals surface area (Å²) in [7, 11) is 0. The van der Waals surface area contributed by atoms with Gasteiger partial charge in [-0.25, -0.2) is 4.79 Å². The summed E-state index contributed by atoms with van der Waals surface area (Å²) in [5, 5.41) is 3.08. The van der Waals surface area contributed by atoms with E-state index in [0.717, 1.165) is 32.4 Å². The highest BCUT2D eigenvalue weighted by Crippen LogP contribution is 2.32. The van der Waals surface area contributed by atoms with Crippen molar-refractivity contribution in [3.8, 4) is 0 Å². The van der Waals surface area contributed by atoms with Gasteiger partial charge in [-0.2, -0.15) is 0 Å². The molecule has 1 N–H and O–H groups in total. The van der Waals surface area contributed by atoms with Gasteiger partial charge in [-0.1, -0.05) is 19.1 Å². The lowest BCUT2D eigenvalue weighted by Gasteiger charge is -2.26. The highest BCUT2D eigenvalue weighted by molar-refractivity contribution is 5.74. The third-order valence-corrected chi connectivity index (χ3v) is 5.13. The van der Waals surface area contributed by atoms with Gasteiger partial charge < -0.3 is 19.7 Å². The molecule has 3 atom stereocenters. The largest absolute Gasteiger partial charge is 0.348 e. The van der Waals surface area contributed by atoms with Gasteiger partial charge >= 0.3 is 6.03 Å². The first-order valence-corrected chi connectivity index (χ1v) is 8.51. The van der Waals surface area contributed by atoms with E-state index in [1.54, 1.807) is 0 Å². The molecule has 3 rings (SSSR count). The van der Waals surface area contributed by atoms with Crippen LogP contribution in [0.5, 0.6) is 0 Å². The first-order chi connectivity index (χ1) is 10.6. The van der Waals surface area contributed by atoms with Crippen molar-refractivity contribution in [3.05, 3.63) is 12.2 Å². The molecular weight excluding hydrogens is 280 g/mol. The summed E-state index contributed by atoms with van der Waals surface area (Å²) < 4.78 is 11.3. The Balaban J connectivity index is 1.41. The number of hydrogen-bond donors (Lipinski definition) is 1. The van der Waals surface area contributed by atoms with Crippen LogP contribution in [0.25, 0.3) is 0 Å². The second-order valence-electron chi connectivity index (χ2n) is 7.19. The first kappa shape index (κ1) is 15.8. The Kier molecular flexibility index (Phi) is 4.73. The van der Waals surface area contributed by atoms with Crippen molar-refractivity contribution < 1.29 is 14.3 Å². The van der Waals surface area contributed by atoms with Crippen molar-refractivity contribution in [1.29, 1.82) is 0 Å². The average molecular weight is 308 g/mol. The van der Waals surface area contributed by atoms with Crippen LogP contribution in [0.4, 0.5) is 4.79 Å². The molecule has 5 heteroatoms. The number of carbonyl (C=O) groups is 1. The molecule has 22 heavy (non-hydrogen) atoms. The van der Waals surface area contributed by atoms with Crippen molar-refractivity contribution in [3.63, 3.8) is 0 Å². The monoisotopic (exact) mass is 308 g/mol. The number of urea groups is 1. The smallest absolute Gasteiger partial charge is 0.317 e. The quantitative estimate of drug-likeness (QED) is 0.811. The van der Waals surface area contributed by atoms with Gasteiger partial charge in [0.15, 0.2) is 5.79 Å². The second-order valence-corrected chi connectivity index (χ2v) is 7.19. The molecule has 2 saturated heterocycles. The zero-order chi connectivity index (χ0) is 15.6. The fraction of sp³-hybridized carbons (Fsp3) is 0.824. The number of rotatable bonds is 4. The molecule has 0 aromatic carbocycles. The molecule has 0 bridgehead atoms. The Morgan fingerprint density at radius 2 is 1.86 bits per heavy atom. The molecule has 0 unspecified atom stereocenters. The van der Waals surface area contributed by atoms with E-state index >= 15 is 0 Å². The predicted molar refractivity (Wildman–Crippen MR) is 84.4 cm³/mol. The molecular formula is C17H28N2O3. The van der Waals surface area contributed by atoms with Gasteiger partial charge in [-0.3, -0.25) is 0 Å². The van der Waals surface area contributed by atoms with Gasteiger partial charge in [0.1, 0.15) is 0 Å². The van der Waals surface area contributed by atoms with Crippen LogP contribution in [0.15, 0.2) is 12.2 Å². The third-order valence-electron chi connectivity index (χ3n) is 5.13. The normalized spacial score (nSPS) is 31.1. The predicted octanol–water partition coefficient (Wildman–Crippen LogP) is 2.38. The van der Waals surface area contributed by atoms with Crippen LogP contribution in [-0.2, 0) is 9.47 Å². The number of ether oxygens (including phenoxy) is 2. The van der Waals surface area contributed by atoms with Gasteiger partial charge in [-0.05, 0) is 37.5 Å². The number of likely N-dealkylation sites (tertiary alicyclic amines) is 1. The summed E-state index contributed by atoms with van der Waals surface area (Å²) in [6.07, 6.45) is 7.57. The standard InChI is InChI=1S/C17H28N2O3/c1-13(9-17(2)21-7-8-22-17)10-18-16(20)19-11-14-5-3-4-6-15(14)12-19/h3-4,13-15H,5-12H2,1-2H3,(H,18,20)/t13-,14-,15+/m1/s1. The maximum atomic E-state index is 12.3. The third kappa shape index (κ3) is 3.63. The molecule has 0 aromatic rings. The van der Waals surface area contributed by atoms with Crippen LogP contribution < -0.4 is 5.32 Å². The number of amides is 2. The molecule has 124 valence electrons. The molecule has 0 saturated carbocycles. The zero-order valence-corrected chi connectivity index (χ0v) is 13.7. The zero-order valence-electron chi connectivity index (χ0n) is 13.7. The van der Waals surface area contributed by atoms with E-state index in [9.17, 15) is 4.79 Å². The Bertz CT molecular complexity index is 416. The van der Waals surface area contributed by atoms with Crippen LogP contribution in [0.1, 0.15) is 33.1 Å². The Morgan fingerprint density at radius 3 is 2.45 bits per heavy atom. The van der Waals surface area contributed by atoms with Gasteiger partial charge in [0.05, 0.1) is 13.2 Å². The first-order valence-electron chi connectivity index (χ1n) is 8.51. The Labute approximate surface area is 133 Å². The number of allylic oxidation sites excluding steroid dienone is 2. The molecule has 3 aliphatic rings. The lowest BCUT2D eigenvalue weighted by atomic mass is 9.86. The van der Waals surface area contributed by atoms with Gasteiger partial charge in [0.2, 0.25) is 0 Å². The molecule has 2 amide bonds. The van der Waals surface area contributed by atoms with Crippen molar-refractivity contribution in [2.75, 3.05) is 32.8 Å². The molecule has 1 aliphatic carbocycles. The maximum Gasteiger partial charge on any atom is 0.317 e. The summed E-state index contributed by atoms with van der Waals surface area (Å²) in [5.74, 6) is 1.18. The Morgan fingerprint density at radius 1 is 1.27 bits per heavy atom. The SMILES string of the molecule is C[C@@H](CNC(=O)N1C[C@H]2CC=CC[C@H]2C1)CC1(C)OCCO1. The summed E-state index contributed by atoms with van der Waals surface area (Å²) in [4.78, 5) is 14.3. The minimum absolute atomic E-state index is 0.0830. The van der Waals surface area contributed by atoms with E-state index in [-0.39, 0.29) is 6.03 Å². The van der Waals surface area contributed by atoms with Gasteiger partial charge in [0, 0.05) is 26.1 Å². The van der Waals surface area contributed by atoms with Crippen LogP contribution in [-0.4, -0.2) is 49.6 Å². The molecule has 5 nitrogen and oxygen atoms in total. The maximum absolute atomic E-state index is 12.3. The number of nitrogens with zero attached hydrogens (tertiary/aromatic N) is 1. The van der Waals surface area contributed by atoms with Crippen LogP contribution in [0.3, 0.4) is 0 Å². The molecule has 2 fully saturated rings. The molecule has 2 aliphatic heterocycles. The van der Waals surface area contributed by atoms with Gasteiger partial charge in [-0.15, -0.1) is 0 Å². The average Bonchev–Trinajstić information content (AvgIpc) is 3.10. The molecule has 0 aromatic heterocycles. The minimum Gasteiger partial charge on any atom is -0.348 e. The summed E-state index contributed by atoms with van der Waals surface area (Å²) >= 11 is 0. The highest BCUT2D eigenvalue weighted by atomic mass is 16.7. The van der Waals surface area contributed by atoms with Crippen molar-refractivity contribution in [2.45, 2.75) is 38.9 Å². The molecule has 2 heterocycles. The minimum atomic E-state index is -0.474. The summed E-state index contributed by atoms with van der Waals surface area (Å²) in [5.41, 5.74) is 0. The molecule has 0 spiro atoms. The summed E-state index contributed by atoms with van der Waals surface area (Å²) in [6, 6.07) is 0.0830. The van der Waals surface area contributed by atoms with Crippen molar-refractivity contribution >= 4 is 6.03 Å². The Hall–Kier alpha value is -1.07. The van der Waals surface area contributed by atoms with Crippen LogP contribution in [0, 0.1) is 17.8 Å². The van der Waals surface area contributed by atoms with E-state index < -0.39 is 5.79 Å². The number of nitrogens with one attached hydrogen (secondary N) is 1. The van der Waals surface area contributed by atoms with Crippen molar-refractivity contribution in [1.82, 2.24) is 10.2 Å². The van der Waals surface area contributed by atoms with Crippen LogP contribution >= 0.6 is 0 Å². The van der Waals surface area contributed by atoms with E-state index in [0.29, 0.717) is 37.5 Å². The highest BCUT2D eigenvalue weighted by Gasteiger charge is 2.36. The lowest BCUT2D eigenvalue weighted by molar-refractivity contribution is -0.153. The topological polar surface area (TPSA) is 50.8 Å². The number of hydrogen-bond acceptors (Lipinski definition) is 3. The summed E-state index contributed by atoms with van der Waals surface area (Å²) in [6.45, 7) is 7.92. The van der Waals surface area contributed by atoms with Gasteiger partial charge in [0.25, 0.3) is 0 Å². The molecule has 0 radical (unpaired) electrons. The fourth-order valence-electron chi connectivity index (χ4n) is 3.93.